The number of benzene rings is 2. The van der Waals surface area contributed by atoms with Crippen molar-refractivity contribution in [3.8, 4) is 0 Å². The third kappa shape index (κ3) is 3.80. The molecule has 1 amide bonds. The Balaban J connectivity index is 1.44. The summed E-state index contributed by atoms with van der Waals surface area (Å²) in [5.41, 5.74) is 1.97. The van der Waals surface area contributed by atoms with E-state index in [0.717, 1.165) is 30.0 Å². The third-order valence-corrected chi connectivity index (χ3v) is 6.45. The average molecular weight is 394 g/mol. The lowest BCUT2D eigenvalue weighted by Crippen LogP contribution is -2.29. The molecule has 2 aromatic carbocycles. The predicted molar refractivity (Wildman–Crippen MR) is 113 cm³/mol. The Morgan fingerprint density at radius 3 is 2.82 bits per heavy atom. The van der Waals surface area contributed by atoms with Gasteiger partial charge in [-0.05, 0) is 55.2 Å². The Bertz CT molecular complexity index is 1030. The minimum atomic E-state index is -0.871. The van der Waals surface area contributed by atoms with Crippen LogP contribution in [0.5, 0.6) is 0 Å². The number of esters is 1. The molecule has 0 unspecified atom stereocenters. The van der Waals surface area contributed by atoms with E-state index in [9.17, 15) is 9.59 Å². The molecule has 4 nitrogen and oxygen atoms in total. The quantitative estimate of drug-likeness (QED) is 0.619. The molecule has 0 saturated heterocycles. The van der Waals surface area contributed by atoms with Gasteiger partial charge in [0.05, 0.1) is 0 Å². The number of ether oxygens (including phenoxy) is 1. The van der Waals surface area contributed by atoms with Gasteiger partial charge in [-0.3, -0.25) is 4.79 Å². The molecule has 2 atom stereocenters. The first-order valence-corrected chi connectivity index (χ1v) is 10.4. The van der Waals surface area contributed by atoms with E-state index in [-0.39, 0.29) is 5.91 Å². The van der Waals surface area contributed by atoms with Gasteiger partial charge in [-0.25, -0.2) is 4.79 Å². The molecule has 1 aliphatic carbocycles. The van der Waals surface area contributed by atoms with Crippen LogP contribution >= 0.6 is 11.3 Å². The first-order chi connectivity index (χ1) is 13.5. The Labute approximate surface area is 168 Å². The van der Waals surface area contributed by atoms with Gasteiger partial charge in [-0.15, -0.1) is 11.3 Å². The maximum absolute atomic E-state index is 12.6. The van der Waals surface area contributed by atoms with Crippen LogP contribution in [-0.4, -0.2) is 18.0 Å². The van der Waals surface area contributed by atoms with Crippen molar-refractivity contribution in [3.05, 3.63) is 63.8 Å². The standard InChI is InChI=1S/C23H23NO3S/c1-14-10-11-20-17(12-14)13-21(28-20)23(26)27-15(2)22(25)24-19-9-5-7-16-6-3-4-8-18(16)19/h3-9,13-15H,10-12H2,1-2H3,(H,24,25)/t14-,15+/m1/s1. The molecule has 28 heavy (non-hydrogen) atoms. The number of thiophene rings is 1. The van der Waals surface area contributed by atoms with Gasteiger partial charge < -0.3 is 10.1 Å². The molecule has 0 spiro atoms. The van der Waals surface area contributed by atoms with Crippen molar-refractivity contribution in [2.45, 2.75) is 39.2 Å². The topological polar surface area (TPSA) is 55.4 Å². The van der Waals surface area contributed by atoms with E-state index in [1.54, 1.807) is 6.92 Å². The van der Waals surface area contributed by atoms with Crippen LogP contribution in [0.4, 0.5) is 5.69 Å². The molecule has 0 radical (unpaired) electrons. The summed E-state index contributed by atoms with van der Waals surface area (Å²) in [5, 5.41) is 4.88. The maximum Gasteiger partial charge on any atom is 0.349 e. The van der Waals surface area contributed by atoms with Crippen LogP contribution in [0.2, 0.25) is 0 Å². The van der Waals surface area contributed by atoms with Crippen molar-refractivity contribution < 1.29 is 14.3 Å². The van der Waals surface area contributed by atoms with Gasteiger partial charge in [0.15, 0.2) is 6.10 Å². The first-order valence-electron chi connectivity index (χ1n) is 9.62. The second-order valence-corrected chi connectivity index (χ2v) is 8.61. The molecule has 1 aromatic heterocycles. The van der Waals surface area contributed by atoms with Gasteiger partial charge in [0.25, 0.3) is 5.91 Å². The highest BCUT2D eigenvalue weighted by molar-refractivity contribution is 7.14. The monoisotopic (exact) mass is 393 g/mol. The first kappa shape index (κ1) is 18.7. The normalized spacial score (nSPS) is 17.0. The number of hydrogen-bond acceptors (Lipinski definition) is 4. The molecule has 0 aliphatic heterocycles. The lowest BCUT2D eigenvalue weighted by Gasteiger charge is -2.16. The fraction of sp³-hybridized carbons (Fsp3) is 0.304. The van der Waals surface area contributed by atoms with Crippen molar-refractivity contribution in [2.75, 3.05) is 5.32 Å². The van der Waals surface area contributed by atoms with E-state index in [0.29, 0.717) is 16.5 Å². The van der Waals surface area contributed by atoms with Gasteiger partial charge in [-0.1, -0.05) is 43.3 Å². The lowest BCUT2D eigenvalue weighted by atomic mass is 9.90. The number of aryl methyl sites for hydroxylation is 1. The number of rotatable bonds is 4. The van der Waals surface area contributed by atoms with Crippen molar-refractivity contribution >= 4 is 39.7 Å². The summed E-state index contributed by atoms with van der Waals surface area (Å²) >= 11 is 1.50. The van der Waals surface area contributed by atoms with E-state index in [4.69, 9.17) is 4.74 Å². The highest BCUT2D eigenvalue weighted by Gasteiger charge is 2.24. The number of carbonyl (C=O) groups excluding carboxylic acids is 2. The van der Waals surface area contributed by atoms with Crippen molar-refractivity contribution in [1.82, 2.24) is 0 Å². The fourth-order valence-corrected chi connectivity index (χ4v) is 4.74. The molecule has 144 valence electrons. The number of hydrogen-bond donors (Lipinski definition) is 1. The number of fused-ring (bicyclic) bond motifs is 2. The highest BCUT2D eigenvalue weighted by Crippen LogP contribution is 2.32. The van der Waals surface area contributed by atoms with Crippen LogP contribution in [0.25, 0.3) is 10.8 Å². The van der Waals surface area contributed by atoms with Gasteiger partial charge in [0.2, 0.25) is 0 Å². The summed E-state index contributed by atoms with van der Waals surface area (Å²) < 4.78 is 5.45. The van der Waals surface area contributed by atoms with Crippen molar-refractivity contribution in [3.63, 3.8) is 0 Å². The van der Waals surface area contributed by atoms with E-state index >= 15 is 0 Å². The molecule has 1 heterocycles. The van der Waals surface area contributed by atoms with Gasteiger partial charge in [0.1, 0.15) is 4.88 Å². The third-order valence-electron chi connectivity index (χ3n) is 5.23. The zero-order valence-corrected chi connectivity index (χ0v) is 16.8. The zero-order chi connectivity index (χ0) is 19.7. The molecule has 1 aliphatic rings. The zero-order valence-electron chi connectivity index (χ0n) is 16.0. The molecule has 1 N–H and O–H groups in total. The number of anilines is 1. The molecule has 0 bridgehead atoms. The molecule has 5 heteroatoms. The van der Waals surface area contributed by atoms with Gasteiger partial charge in [0, 0.05) is 16.0 Å². The second kappa shape index (κ2) is 7.76. The average Bonchev–Trinajstić information content (AvgIpc) is 3.11. The number of nitrogens with one attached hydrogen (secondary N) is 1. The predicted octanol–water partition coefficient (Wildman–Crippen LogP) is 5.21. The van der Waals surface area contributed by atoms with E-state index in [1.165, 1.54) is 21.8 Å². The van der Waals surface area contributed by atoms with Crippen LogP contribution in [0.15, 0.2) is 48.5 Å². The smallest absolute Gasteiger partial charge is 0.349 e. The van der Waals surface area contributed by atoms with Crippen molar-refractivity contribution in [2.24, 2.45) is 5.92 Å². The van der Waals surface area contributed by atoms with Crippen LogP contribution in [0.1, 0.15) is 40.4 Å². The molecular weight excluding hydrogens is 370 g/mol. The van der Waals surface area contributed by atoms with Gasteiger partial charge in [-0.2, -0.15) is 0 Å². The number of carbonyl (C=O) groups is 2. The minimum Gasteiger partial charge on any atom is -0.448 e. The second-order valence-electron chi connectivity index (χ2n) is 7.47. The van der Waals surface area contributed by atoms with Crippen LogP contribution in [-0.2, 0) is 22.4 Å². The lowest BCUT2D eigenvalue weighted by molar-refractivity contribution is -0.123. The summed E-state index contributed by atoms with van der Waals surface area (Å²) in [6, 6.07) is 15.5. The summed E-state index contributed by atoms with van der Waals surface area (Å²) in [6.07, 6.45) is 2.32. The van der Waals surface area contributed by atoms with Gasteiger partial charge >= 0.3 is 5.97 Å². The van der Waals surface area contributed by atoms with E-state index in [1.807, 2.05) is 48.5 Å². The highest BCUT2D eigenvalue weighted by atomic mass is 32.1. The van der Waals surface area contributed by atoms with E-state index < -0.39 is 12.1 Å². The van der Waals surface area contributed by atoms with E-state index in [2.05, 4.69) is 12.2 Å². The van der Waals surface area contributed by atoms with Crippen LogP contribution in [0, 0.1) is 5.92 Å². The summed E-state index contributed by atoms with van der Waals surface area (Å²) in [4.78, 5) is 27.0. The molecule has 4 rings (SSSR count). The Hall–Kier alpha value is -2.66. The largest absolute Gasteiger partial charge is 0.448 e. The Morgan fingerprint density at radius 1 is 1.18 bits per heavy atom. The molecular formula is C23H23NO3S. The van der Waals surface area contributed by atoms with Crippen LogP contribution in [0.3, 0.4) is 0 Å². The van der Waals surface area contributed by atoms with Crippen LogP contribution < -0.4 is 5.32 Å². The Kier molecular flexibility index (Phi) is 5.18. The maximum atomic E-state index is 12.6. The summed E-state index contributed by atoms with van der Waals surface area (Å²) in [5.74, 6) is -0.108. The van der Waals surface area contributed by atoms with Crippen molar-refractivity contribution in [1.29, 1.82) is 0 Å². The fourth-order valence-electron chi connectivity index (χ4n) is 3.65. The molecule has 3 aromatic rings. The molecule has 0 saturated carbocycles. The summed E-state index contributed by atoms with van der Waals surface area (Å²) in [6.45, 7) is 3.84. The Morgan fingerprint density at radius 2 is 1.96 bits per heavy atom. The summed E-state index contributed by atoms with van der Waals surface area (Å²) in [7, 11) is 0. The number of amides is 1. The SMILES string of the molecule is C[C@@H]1CCc2sc(C(=O)O[C@@H](C)C(=O)Nc3cccc4ccccc34)cc2C1. The molecule has 0 fully saturated rings. The minimum absolute atomic E-state index is 0.334.